The Hall–Kier alpha value is -2.20. The van der Waals surface area contributed by atoms with Crippen molar-refractivity contribution >= 4 is 11.8 Å². The summed E-state index contributed by atoms with van der Waals surface area (Å²) in [6.45, 7) is 0. The van der Waals surface area contributed by atoms with Gasteiger partial charge in [0.1, 0.15) is 17.2 Å². The Morgan fingerprint density at radius 2 is 1.85 bits per heavy atom. The van der Waals surface area contributed by atoms with Gasteiger partial charge in [-0.15, -0.1) is 11.8 Å². The third-order valence-corrected chi connectivity index (χ3v) is 3.84. The number of benzene rings is 2. The lowest BCUT2D eigenvalue weighted by atomic mass is 10.1. The van der Waals surface area contributed by atoms with E-state index in [1.807, 2.05) is 48.5 Å². The molecule has 3 nitrogen and oxygen atoms in total. The van der Waals surface area contributed by atoms with Gasteiger partial charge in [-0.1, -0.05) is 41.6 Å². The third-order valence-electron chi connectivity index (χ3n) is 2.83. The van der Waals surface area contributed by atoms with Gasteiger partial charge in [-0.3, -0.25) is 0 Å². The molecule has 4 heteroatoms. The Kier molecular flexibility index (Phi) is 3.74. The first-order chi connectivity index (χ1) is 9.81. The predicted octanol–water partition coefficient (Wildman–Crippen LogP) is 4.34. The van der Waals surface area contributed by atoms with Crippen molar-refractivity contribution in [3.63, 3.8) is 0 Å². The first-order valence-electron chi connectivity index (χ1n) is 6.24. The van der Waals surface area contributed by atoms with E-state index < -0.39 is 0 Å². The Morgan fingerprint density at radius 1 is 1.00 bits per heavy atom. The van der Waals surface area contributed by atoms with Crippen LogP contribution in [0.4, 0.5) is 0 Å². The van der Waals surface area contributed by atoms with Crippen LogP contribution >= 0.6 is 11.8 Å². The van der Waals surface area contributed by atoms with Gasteiger partial charge >= 0.3 is 0 Å². The largest absolute Gasteiger partial charge is 0.508 e. The molecule has 0 fully saturated rings. The van der Waals surface area contributed by atoms with Crippen LogP contribution in [0.25, 0.3) is 11.3 Å². The number of hydrogen-bond donors (Lipinski definition) is 1. The van der Waals surface area contributed by atoms with Gasteiger partial charge in [0.25, 0.3) is 0 Å². The normalized spacial score (nSPS) is 10.6. The van der Waals surface area contributed by atoms with Crippen LogP contribution in [0.1, 0.15) is 5.76 Å². The van der Waals surface area contributed by atoms with Gasteiger partial charge in [0, 0.05) is 16.5 Å². The average molecular weight is 283 g/mol. The highest BCUT2D eigenvalue weighted by molar-refractivity contribution is 7.98. The molecule has 1 heterocycles. The molecule has 0 saturated heterocycles. The van der Waals surface area contributed by atoms with Crippen LogP contribution in [0, 0.1) is 0 Å². The standard InChI is InChI=1S/C16H13NO2S/c18-13-7-4-8-15(9-13)20-11-14-10-16(17-19-14)12-5-2-1-3-6-12/h1-10,18H,11H2. The lowest BCUT2D eigenvalue weighted by Gasteiger charge is -1.99. The summed E-state index contributed by atoms with van der Waals surface area (Å²) in [4.78, 5) is 1.00. The highest BCUT2D eigenvalue weighted by atomic mass is 32.2. The monoisotopic (exact) mass is 283 g/mol. The van der Waals surface area contributed by atoms with Gasteiger partial charge in [0.2, 0.25) is 0 Å². The number of rotatable bonds is 4. The van der Waals surface area contributed by atoms with E-state index in [-0.39, 0.29) is 5.75 Å². The Labute approximate surface area is 121 Å². The zero-order chi connectivity index (χ0) is 13.8. The second kappa shape index (κ2) is 5.84. The van der Waals surface area contributed by atoms with Crippen molar-refractivity contribution in [2.75, 3.05) is 0 Å². The van der Waals surface area contributed by atoms with Crippen molar-refractivity contribution in [1.29, 1.82) is 0 Å². The van der Waals surface area contributed by atoms with Crippen molar-refractivity contribution in [3.8, 4) is 17.0 Å². The Bertz CT molecular complexity index is 694. The van der Waals surface area contributed by atoms with E-state index in [1.54, 1.807) is 23.9 Å². The molecular weight excluding hydrogens is 270 g/mol. The van der Waals surface area contributed by atoms with Gasteiger partial charge < -0.3 is 9.63 Å². The fourth-order valence-electron chi connectivity index (χ4n) is 1.85. The summed E-state index contributed by atoms with van der Waals surface area (Å²) in [6.07, 6.45) is 0. The molecule has 0 saturated carbocycles. The molecule has 0 unspecified atom stereocenters. The molecule has 1 N–H and O–H groups in total. The fraction of sp³-hybridized carbons (Fsp3) is 0.0625. The number of phenolic OH excluding ortho intramolecular Hbond substituents is 1. The molecular formula is C16H13NO2S. The third kappa shape index (κ3) is 3.03. The van der Waals surface area contributed by atoms with Crippen LogP contribution < -0.4 is 0 Å². The van der Waals surface area contributed by atoms with E-state index in [9.17, 15) is 5.11 Å². The molecule has 0 aliphatic carbocycles. The van der Waals surface area contributed by atoms with Crippen LogP contribution in [0.15, 0.2) is 70.1 Å². The van der Waals surface area contributed by atoms with Gasteiger partial charge in [-0.25, -0.2) is 0 Å². The minimum Gasteiger partial charge on any atom is -0.508 e. The maximum Gasteiger partial charge on any atom is 0.147 e. The highest BCUT2D eigenvalue weighted by Crippen LogP contribution is 2.27. The molecule has 3 aromatic rings. The van der Waals surface area contributed by atoms with Crippen molar-refractivity contribution < 1.29 is 9.63 Å². The molecule has 0 atom stereocenters. The predicted molar refractivity (Wildman–Crippen MR) is 79.6 cm³/mol. The summed E-state index contributed by atoms with van der Waals surface area (Å²) in [6, 6.07) is 19.1. The van der Waals surface area contributed by atoms with Gasteiger partial charge in [0.15, 0.2) is 0 Å². The summed E-state index contributed by atoms with van der Waals surface area (Å²) in [5.74, 6) is 1.78. The molecule has 100 valence electrons. The summed E-state index contributed by atoms with van der Waals surface area (Å²) < 4.78 is 5.34. The first-order valence-corrected chi connectivity index (χ1v) is 7.23. The van der Waals surface area contributed by atoms with E-state index in [1.165, 1.54) is 0 Å². The fourth-order valence-corrected chi connectivity index (χ4v) is 2.68. The molecule has 0 radical (unpaired) electrons. The van der Waals surface area contributed by atoms with E-state index in [0.717, 1.165) is 21.9 Å². The van der Waals surface area contributed by atoms with E-state index in [2.05, 4.69) is 5.16 Å². The van der Waals surface area contributed by atoms with E-state index in [0.29, 0.717) is 5.75 Å². The molecule has 0 aliphatic rings. The van der Waals surface area contributed by atoms with E-state index in [4.69, 9.17) is 4.52 Å². The number of nitrogens with zero attached hydrogens (tertiary/aromatic N) is 1. The molecule has 20 heavy (non-hydrogen) atoms. The molecule has 0 bridgehead atoms. The maximum atomic E-state index is 9.41. The van der Waals surface area contributed by atoms with Crippen molar-refractivity contribution in [2.24, 2.45) is 0 Å². The molecule has 0 spiro atoms. The lowest BCUT2D eigenvalue weighted by Crippen LogP contribution is -1.76. The lowest BCUT2D eigenvalue weighted by molar-refractivity contribution is 0.397. The van der Waals surface area contributed by atoms with Crippen molar-refractivity contribution in [3.05, 3.63) is 66.4 Å². The van der Waals surface area contributed by atoms with E-state index >= 15 is 0 Å². The number of phenols is 1. The highest BCUT2D eigenvalue weighted by Gasteiger charge is 2.06. The Balaban J connectivity index is 1.69. The van der Waals surface area contributed by atoms with Gasteiger partial charge in [-0.05, 0) is 18.2 Å². The number of aromatic hydroxyl groups is 1. The van der Waals surface area contributed by atoms with Gasteiger partial charge in [-0.2, -0.15) is 0 Å². The molecule has 3 rings (SSSR count). The van der Waals surface area contributed by atoms with Crippen LogP contribution in [0.3, 0.4) is 0 Å². The zero-order valence-electron chi connectivity index (χ0n) is 10.7. The number of aromatic nitrogens is 1. The number of thioether (sulfide) groups is 1. The topological polar surface area (TPSA) is 46.3 Å². The van der Waals surface area contributed by atoms with Crippen LogP contribution in [-0.2, 0) is 5.75 Å². The SMILES string of the molecule is Oc1cccc(SCc2cc(-c3ccccc3)no2)c1. The minimum atomic E-state index is 0.276. The second-order valence-electron chi connectivity index (χ2n) is 4.33. The second-order valence-corrected chi connectivity index (χ2v) is 5.38. The minimum absolute atomic E-state index is 0.276. The van der Waals surface area contributed by atoms with Crippen molar-refractivity contribution in [2.45, 2.75) is 10.6 Å². The smallest absolute Gasteiger partial charge is 0.147 e. The maximum absolute atomic E-state index is 9.41. The van der Waals surface area contributed by atoms with Gasteiger partial charge in [0.05, 0.1) is 5.75 Å². The summed E-state index contributed by atoms with van der Waals surface area (Å²) in [5, 5.41) is 13.5. The quantitative estimate of drug-likeness (QED) is 0.723. The molecule has 2 aromatic carbocycles. The van der Waals surface area contributed by atoms with Crippen LogP contribution in [0.2, 0.25) is 0 Å². The molecule has 0 amide bonds. The zero-order valence-corrected chi connectivity index (χ0v) is 11.5. The van der Waals surface area contributed by atoms with Crippen LogP contribution in [0.5, 0.6) is 5.75 Å². The van der Waals surface area contributed by atoms with Crippen LogP contribution in [-0.4, -0.2) is 10.3 Å². The summed E-state index contributed by atoms with van der Waals surface area (Å²) >= 11 is 1.60. The molecule has 1 aromatic heterocycles. The average Bonchev–Trinajstić information content (AvgIpc) is 2.95. The van der Waals surface area contributed by atoms with Crippen molar-refractivity contribution in [1.82, 2.24) is 5.16 Å². The summed E-state index contributed by atoms with van der Waals surface area (Å²) in [7, 11) is 0. The molecule has 0 aliphatic heterocycles. The first kappa shape index (κ1) is 12.8. The Morgan fingerprint density at radius 3 is 2.65 bits per heavy atom. The number of hydrogen-bond acceptors (Lipinski definition) is 4. The summed E-state index contributed by atoms with van der Waals surface area (Å²) in [5.41, 5.74) is 1.89.